The maximum Gasteiger partial charge on any atom is 0.246 e. The third-order valence-electron chi connectivity index (χ3n) is 5.11. The SMILES string of the molecule is CC1(C)CC(=O)C2=C(C1)OC(C#N)=C(N)[C@@]21C(=O)Nc2ccccc21. The van der Waals surface area contributed by atoms with Gasteiger partial charge < -0.3 is 15.8 Å². The van der Waals surface area contributed by atoms with Crippen LogP contribution in [0.25, 0.3) is 0 Å². The summed E-state index contributed by atoms with van der Waals surface area (Å²) in [5, 5.41) is 12.3. The number of anilines is 1. The molecule has 0 bridgehead atoms. The zero-order valence-electron chi connectivity index (χ0n) is 14.0. The van der Waals surface area contributed by atoms with E-state index in [0.29, 0.717) is 29.9 Å². The lowest BCUT2D eigenvalue weighted by Gasteiger charge is -2.41. The van der Waals surface area contributed by atoms with Crippen LogP contribution in [0, 0.1) is 16.7 Å². The van der Waals surface area contributed by atoms with E-state index in [2.05, 4.69) is 5.32 Å². The molecule has 2 heterocycles. The molecule has 6 heteroatoms. The molecule has 6 nitrogen and oxygen atoms in total. The minimum Gasteiger partial charge on any atom is -0.448 e. The van der Waals surface area contributed by atoms with Crippen molar-refractivity contribution in [2.75, 3.05) is 5.32 Å². The minimum atomic E-state index is -1.48. The number of nitrogens with one attached hydrogen (secondary N) is 1. The molecule has 1 amide bonds. The van der Waals surface area contributed by atoms with E-state index < -0.39 is 11.3 Å². The first-order chi connectivity index (χ1) is 11.8. The van der Waals surface area contributed by atoms with Gasteiger partial charge in [0, 0.05) is 24.1 Å². The van der Waals surface area contributed by atoms with Gasteiger partial charge in [-0.25, -0.2) is 0 Å². The number of ketones is 1. The van der Waals surface area contributed by atoms with E-state index in [-0.39, 0.29) is 28.2 Å². The maximum absolute atomic E-state index is 13.1. The third-order valence-corrected chi connectivity index (χ3v) is 5.11. The molecule has 1 spiro atoms. The van der Waals surface area contributed by atoms with Gasteiger partial charge in [-0.15, -0.1) is 0 Å². The van der Waals surface area contributed by atoms with Crippen LogP contribution in [-0.4, -0.2) is 11.7 Å². The molecular formula is C19H17N3O3. The van der Waals surface area contributed by atoms with E-state index in [0.717, 1.165) is 0 Å². The summed E-state index contributed by atoms with van der Waals surface area (Å²) >= 11 is 0. The zero-order chi connectivity index (χ0) is 18.0. The standard InChI is InChI=1S/C19H17N3O3/c1-18(2)7-12(23)15-13(8-18)25-14(9-20)16(21)19(15)10-5-3-4-6-11(10)22-17(19)24/h3-6H,7-8,21H2,1-2H3,(H,22,24)/t19-/m0/s1. The molecule has 25 heavy (non-hydrogen) atoms. The predicted octanol–water partition coefficient (Wildman–Crippen LogP) is 2.24. The van der Waals surface area contributed by atoms with Crippen molar-refractivity contribution in [1.82, 2.24) is 0 Å². The van der Waals surface area contributed by atoms with Crippen LogP contribution >= 0.6 is 0 Å². The number of carbonyl (C=O) groups is 2. The molecular weight excluding hydrogens is 318 g/mol. The molecule has 0 aromatic heterocycles. The van der Waals surface area contributed by atoms with Crippen molar-refractivity contribution < 1.29 is 14.3 Å². The van der Waals surface area contributed by atoms with Crippen molar-refractivity contribution in [3.8, 4) is 6.07 Å². The van der Waals surface area contributed by atoms with E-state index in [1.165, 1.54) is 0 Å². The summed E-state index contributed by atoms with van der Waals surface area (Å²) in [6, 6.07) is 9.04. The van der Waals surface area contributed by atoms with Crippen molar-refractivity contribution in [1.29, 1.82) is 5.26 Å². The smallest absolute Gasteiger partial charge is 0.246 e. The van der Waals surface area contributed by atoms with E-state index in [1.807, 2.05) is 19.9 Å². The van der Waals surface area contributed by atoms with Crippen LogP contribution in [0.4, 0.5) is 5.69 Å². The second kappa shape index (κ2) is 4.73. The number of carbonyl (C=O) groups excluding carboxylic acids is 2. The average molecular weight is 335 g/mol. The van der Waals surface area contributed by atoms with E-state index >= 15 is 0 Å². The summed E-state index contributed by atoms with van der Waals surface area (Å²) in [5.74, 6) is -0.323. The van der Waals surface area contributed by atoms with Gasteiger partial charge in [-0.05, 0) is 11.5 Å². The van der Waals surface area contributed by atoms with Crippen molar-refractivity contribution in [2.24, 2.45) is 11.1 Å². The summed E-state index contributed by atoms with van der Waals surface area (Å²) < 4.78 is 5.68. The van der Waals surface area contributed by atoms with Crippen molar-refractivity contribution in [3.05, 3.63) is 52.6 Å². The van der Waals surface area contributed by atoms with Crippen molar-refractivity contribution in [2.45, 2.75) is 32.1 Å². The van der Waals surface area contributed by atoms with Crippen LogP contribution in [0.3, 0.4) is 0 Å². The maximum atomic E-state index is 13.1. The molecule has 0 saturated carbocycles. The molecule has 0 unspecified atom stereocenters. The molecule has 1 aliphatic carbocycles. The number of ether oxygens (including phenoxy) is 1. The van der Waals surface area contributed by atoms with Crippen LogP contribution in [0.2, 0.25) is 0 Å². The second-order valence-corrected chi connectivity index (χ2v) is 7.45. The highest BCUT2D eigenvalue weighted by Gasteiger charge is 2.60. The largest absolute Gasteiger partial charge is 0.448 e. The number of rotatable bonds is 0. The van der Waals surface area contributed by atoms with Crippen LogP contribution in [0.5, 0.6) is 0 Å². The lowest BCUT2D eigenvalue weighted by Crippen LogP contribution is -2.49. The summed E-state index contributed by atoms with van der Waals surface area (Å²) in [4.78, 5) is 26.1. The molecule has 3 N–H and O–H groups in total. The molecule has 4 rings (SSSR count). The fourth-order valence-electron chi connectivity index (χ4n) is 4.11. The van der Waals surface area contributed by atoms with Gasteiger partial charge in [-0.2, -0.15) is 5.26 Å². The Morgan fingerprint density at radius 1 is 1.24 bits per heavy atom. The Bertz CT molecular complexity index is 949. The quantitative estimate of drug-likeness (QED) is 0.756. The number of nitriles is 1. The molecule has 1 atom stereocenters. The van der Waals surface area contributed by atoms with Gasteiger partial charge in [-0.3, -0.25) is 9.59 Å². The molecule has 2 aliphatic heterocycles. The summed E-state index contributed by atoms with van der Waals surface area (Å²) in [6.07, 6.45) is 0.755. The summed E-state index contributed by atoms with van der Waals surface area (Å²) in [6.45, 7) is 3.92. The highest BCUT2D eigenvalue weighted by Crippen LogP contribution is 2.54. The number of allylic oxidation sites excluding steroid dienone is 2. The van der Waals surface area contributed by atoms with Crippen LogP contribution in [0.15, 0.2) is 47.1 Å². The topological polar surface area (TPSA) is 105 Å². The first kappa shape index (κ1) is 15.5. The van der Waals surface area contributed by atoms with Crippen molar-refractivity contribution >= 4 is 17.4 Å². The van der Waals surface area contributed by atoms with Gasteiger partial charge in [-0.1, -0.05) is 32.0 Å². The monoisotopic (exact) mass is 335 g/mol. The molecule has 126 valence electrons. The Balaban J connectivity index is 2.08. The number of nitrogens with two attached hydrogens (primary N) is 1. The minimum absolute atomic E-state index is 0.0238. The van der Waals surface area contributed by atoms with Crippen LogP contribution in [0.1, 0.15) is 32.3 Å². The fourth-order valence-corrected chi connectivity index (χ4v) is 4.11. The first-order valence-electron chi connectivity index (χ1n) is 8.07. The number of benzene rings is 1. The van der Waals surface area contributed by atoms with Gasteiger partial charge in [0.05, 0.1) is 11.3 Å². The number of amides is 1. The fraction of sp³-hybridized carbons (Fsp3) is 0.316. The lowest BCUT2D eigenvalue weighted by atomic mass is 9.63. The number of hydrogen-bond donors (Lipinski definition) is 2. The van der Waals surface area contributed by atoms with Gasteiger partial charge in [0.2, 0.25) is 11.7 Å². The Morgan fingerprint density at radius 2 is 1.96 bits per heavy atom. The van der Waals surface area contributed by atoms with Crippen LogP contribution < -0.4 is 11.1 Å². The highest BCUT2D eigenvalue weighted by molar-refractivity contribution is 6.18. The molecule has 1 aromatic rings. The lowest BCUT2D eigenvalue weighted by molar-refractivity contribution is -0.124. The number of fused-ring (bicyclic) bond motifs is 3. The predicted molar refractivity (Wildman–Crippen MR) is 89.7 cm³/mol. The number of hydrogen-bond acceptors (Lipinski definition) is 5. The highest BCUT2D eigenvalue weighted by atomic mass is 16.5. The third kappa shape index (κ3) is 1.84. The van der Waals surface area contributed by atoms with E-state index in [9.17, 15) is 14.9 Å². The Hall–Kier alpha value is -3.07. The number of para-hydroxylation sites is 1. The average Bonchev–Trinajstić information content (AvgIpc) is 2.82. The number of nitrogens with zero attached hydrogens (tertiary/aromatic N) is 1. The van der Waals surface area contributed by atoms with Gasteiger partial charge >= 0.3 is 0 Å². The van der Waals surface area contributed by atoms with Gasteiger partial charge in [0.1, 0.15) is 11.8 Å². The Kier molecular flexibility index (Phi) is 2.92. The number of Topliss-reactive ketones (excluding diaryl/α,β-unsaturated/α-hetero) is 1. The van der Waals surface area contributed by atoms with Gasteiger partial charge in [0.25, 0.3) is 0 Å². The normalized spacial score (nSPS) is 26.8. The molecule has 3 aliphatic rings. The van der Waals surface area contributed by atoms with E-state index in [1.54, 1.807) is 24.3 Å². The van der Waals surface area contributed by atoms with Gasteiger partial charge in [0.15, 0.2) is 11.2 Å². The molecule has 1 aromatic carbocycles. The molecule has 0 fully saturated rings. The summed E-state index contributed by atoms with van der Waals surface area (Å²) in [5.41, 5.74) is 5.90. The molecule has 0 radical (unpaired) electrons. The zero-order valence-corrected chi connectivity index (χ0v) is 14.0. The Labute approximate surface area is 144 Å². The van der Waals surface area contributed by atoms with Crippen molar-refractivity contribution in [3.63, 3.8) is 0 Å². The molecule has 0 saturated heterocycles. The Morgan fingerprint density at radius 3 is 2.68 bits per heavy atom. The second-order valence-electron chi connectivity index (χ2n) is 7.45. The van der Waals surface area contributed by atoms with Crippen LogP contribution in [-0.2, 0) is 19.7 Å². The summed E-state index contributed by atoms with van der Waals surface area (Å²) in [7, 11) is 0. The first-order valence-corrected chi connectivity index (χ1v) is 8.07. The van der Waals surface area contributed by atoms with E-state index in [4.69, 9.17) is 10.5 Å².